The van der Waals surface area contributed by atoms with Gasteiger partial charge < -0.3 is 10.6 Å². The Labute approximate surface area is 127 Å². The Bertz CT molecular complexity index is 461. The van der Waals surface area contributed by atoms with Gasteiger partial charge in [0.05, 0.1) is 4.92 Å². The minimum Gasteiger partial charge on any atom is -0.385 e. The Kier molecular flexibility index (Phi) is 6.99. The second-order valence-corrected chi connectivity index (χ2v) is 5.97. The molecule has 21 heavy (non-hydrogen) atoms. The molecule has 0 aliphatic heterocycles. The van der Waals surface area contributed by atoms with E-state index < -0.39 is 0 Å². The fourth-order valence-corrected chi connectivity index (χ4v) is 2.11. The molecule has 0 spiro atoms. The first-order valence-corrected chi connectivity index (χ1v) is 7.72. The molecule has 0 saturated carbocycles. The van der Waals surface area contributed by atoms with Crippen LogP contribution in [0, 0.1) is 16.0 Å². The van der Waals surface area contributed by atoms with Crippen molar-refractivity contribution < 1.29 is 4.92 Å². The van der Waals surface area contributed by atoms with E-state index >= 15 is 0 Å². The highest BCUT2D eigenvalue weighted by Crippen LogP contribution is 2.25. The maximum atomic E-state index is 11.0. The largest absolute Gasteiger partial charge is 0.385 e. The standard InChI is InChI=1S/C16H27N3O2/c1-5-8-17-14-9-15(11-16(10-14)19(20)21)18-13(4)7-6-12(2)3/h9-13,17-18H,5-8H2,1-4H3. The monoisotopic (exact) mass is 293 g/mol. The summed E-state index contributed by atoms with van der Waals surface area (Å²) in [5.74, 6) is 0.668. The lowest BCUT2D eigenvalue weighted by atomic mass is 10.0. The molecule has 0 aliphatic carbocycles. The second kappa shape index (κ2) is 8.49. The first-order chi connectivity index (χ1) is 9.92. The van der Waals surface area contributed by atoms with Crippen molar-refractivity contribution in [2.75, 3.05) is 17.2 Å². The highest BCUT2D eigenvalue weighted by molar-refractivity contribution is 5.63. The van der Waals surface area contributed by atoms with Gasteiger partial charge in [-0.25, -0.2) is 0 Å². The van der Waals surface area contributed by atoms with Crippen molar-refractivity contribution in [2.45, 2.75) is 53.0 Å². The van der Waals surface area contributed by atoms with Crippen molar-refractivity contribution in [3.8, 4) is 0 Å². The molecular weight excluding hydrogens is 266 g/mol. The van der Waals surface area contributed by atoms with E-state index in [1.54, 1.807) is 12.1 Å². The Balaban J connectivity index is 2.79. The second-order valence-electron chi connectivity index (χ2n) is 5.97. The van der Waals surface area contributed by atoms with Crippen LogP contribution in [0.4, 0.5) is 17.1 Å². The van der Waals surface area contributed by atoms with Crippen molar-refractivity contribution in [2.24, 2.45) is 5.92 Å². The summed E-state index contributed by atoms with van der Waals surface area (Å²) >= 11 is 0. The Morgan fingerprint density at radius 1 is 1.14 bits per heavy atom. The average molecular weight is 293 g/mol. The lowest BCUT2D eigenvalue weighted by Gasteiger charge is -2.17. The first kappa shape index (κ1) is 17.3. The molecule has 2 N–H and O–H groups in total. The average Bonchev–Trinajstić information content (AvgIpc) is 2.42. The van der Waals surface area contributed by atoms with Gasteiger partial charge in [-0.1, -0.05) is 20.8 Å². The van der Waals surface area contributed by atoms with Crippen LogP contribution in [-0.4, -0.2) is 17.5 Å². The maximum absolute atomic E-state index is 11.0. The molecular formula is C16H27N3O2. The van der Waals surface area contributed by atoms with Crippen LogP contribution in [0.1, 0.15) is 47.0 Å². The minimum absolute atomic E-state index is 0.120. The van der Waals surface area contributed by atoms with Crippen LogP contribution < -0.4 is 10.6 Å². The highest BCUT2D eigenvalue weighted by Gasteiger charge is 2.11. The number of rotatable bonds is 9. The van der Waals surface area contributed by atoms with Gasteiger partial charge in [0.25, 0.3) is 5.69 Å². The summed E-state index contributed by atoms with van der Waals surface area (Å²) < 4.78 is 0. The molecule has 0 aromatic heterocycles. The van der Waals surface area contributed by atoms with Crippen molar-refractivity contribution in [3.05, 3.63) is 28.3 Å². The van der Waals surface area contributed by atoms with E-state index in [1.807, 2.05) is 6.07 Å². The molecule has 0 bridgehead atoms. The van der Waals surface area contributed by atoms with Crippen LogP contribution in [0.2, 0.25) is 0 Å². The van der Waals surface area contributed by atoms with Crippen LogP contribution in [0.3, 0.4) is 0 Å². The molecule has 1 rings (SSSR count). The van der Waals surface area contributed by atoms with Crippen molar-refractivity contribution >= 4 is 17.1 Å². The van der Waals surface area contributed by atoms with E-state index in [0.29, 0.717) is 12.0 Å². The summed E-state index contributed by atoms with van der Waals surface area (Å²) in [4.78, 5) is 10.7. The van der Waals surface area contributed by atoms with Gasteiger partial charge in [0.1, 0.15) is 0 Å². The molecule has 0 heterocycles. The predicted octanol–water partition coefficient (Wildman–Crippen LogP) is 4.65. The van der Waals surface area contributed by atoms with Gasteiger partial charge in [-0.2, -0.15) is 0 Å². The van der Waals surface area contributed by atoms with Gasteiger partial charge in [-0.15, -0.1) is 0 Å². The van der Waals surface area contributed by atoms with Crippen molar-refractivity contribution in [3.63, 3.8) is 0 Å². The number of nitro groups is 1. The van der Waals surface area contributed by atoms with Gasteiger partial charge >= 0.3 is 0 Å². The predicted molar refractivity (Wildman–Crippen MR) is 89.0 cm³/mol. The molecule has 1 unspecified atom stereocenters. The molecule has 1 atom stereocenters. The highest BCUT2D eigenvalue weighted by atomic mass is 16.6. The molecule has 0 saturated heterocycles. The van der Waals surface area contributed by atoms with E-state index in [0.717, 1.165) is 37.2 Å². The Morgan fingerprint density at radius 2 is 1.81 bits per heavy atom. The van der Waals surface area contributed by atoms with Gasteiger partial charge in [-0.3, -0.25) is 10.1 Å². The van der Waals surface area contributed by atoms with Gasteiger partial charge in [0.15, 0.2) is 0 Å². The topological polar surface area (TPSA) is 67.2 Å². The quantitative estimate of drug-likeness (QED) is 0.513. The first-order valence-electron chi connectivity index (χ1n) is 7.72. The molecule has 0 aliphatic rings. The summed E-state index contributed by atoms with van der Waals surface area (Å²) in [6.45, 7) is 9.39. The molecule has 118 valence electrons. The summed E-state index contributed by atoms with van der Waals surface area (Å²) in [6, 6.07) is 5.42. The molecule has 0 radical (unpaired) electrons. The molecule has 5 heteroatoms. The van der Waals surface area contributed by atoms with Crippen LogP contribution in [0.15, 0.2) is 18.2 Å². The zero-order valence-electron chi connectivity index (χ0n) is 13.5. The van der Waals surface area contributed by atoms with Crippen LogP contribution in [0.5, 0.6) is 0 Å². The molecule has 1 aromatic rings. The lowest BCUT2D eigenvalue weighted by molar-refractivity contribution is -0.384. The fourth-order valence-electron chi connectivity index (χ4n) is 2.11. The smallest absolute Gasteiger partial charge is 0.273 e. The molecule has 1 aromatic carbocycles. The van der Waals surface area contributed by atoms with E-state index in [4.69, 9.17) is 0 Å². The normalized spacial score (nSPS) is 12.2. The zero-order chi connectivity index (χ0) is 15.8. The van der Waals surface area contributed by atoms with Crippen LogP contribution in [-0.2, 0) is 0 Å². The van der Waals surface area contributed by atoms with Crippen molar-refractivity contribution in [1.29, 1.82) is 0 Å². The SMILES string of the molecule is CCCNc1cc(NC(C)CCC(C)C)cc([N+](=O)[O-])c1. The molecule has 5 nitrogen and oxygen atoms in total. The summed E-state index contributed by atoms with van der Waals surface area (Å²) in [5.41, 5.74) is 1.72. The number of nitro benzene ring substituents is 1. The fraction of sp³-hybridized carbons (Fsp3) is 0.625. The number of nitrogens with one attached hydrogen (secondary N) is 2. The number of hydrogen-bond donors (Lipinski definition) is 2. The van der Waals surface area contributed by atoms with Crippen LogP contribution >= 0.6 is 0 Å². The van der Waals surface area contributed by atoms with Crippen LogP contribution in [0.25, 0.3) is 0 Å². The van der Waals surface area contributed by atoms with E-state index in [9.17, 15) is 10.1 Å². The summed E-state index contributed by atoms with van der Waals surface area (Å²) in [5, 5.41) is 17.6. The number of non-ortho nitro benzene ring substituents is 1. The van der Waals surface area contributed by atoms with Gasteiger partial charge in [-0.05, 0) is 38.2 Å². The van der Waals surface area contributed by atoms with Crippen molar-refractivity contribution in [1.82, 2.24) is 0 Å². The number of nitrogens with zero attached hydrogens (tertiary/aromatic N) is 1. The lowest BCUT2D eigenvalue weighted by Crippen LogP contribution is -2.16. The summed E-state index contributed by atoms with van der Waals surface area (Å²) in [6.07, 6.45) is 3.18. The Morgan fingerprint density at radius 3 is 2.38 bits per heavy atom. The van der Waals surface area contributed by atoms with Gasteiger partial charge in [0, 0.05) is 36.1 Å². The van der Waals surface area contributed by atoms with E-state index in [2.05, 4.69) is 38.3 Å². The Hall–Kier alpha value is -1.78. The van der Waals surface area contributed by atoms with E-state index in [1.165, 1.54) is 0 Å². The summed E-state index contributed by atoms with van der Waals surface area (Å²) in [7, 11) is 0. The molecule has 0 fully saturated rings. The minimum atomic E-state index is -0.346. The number of anilines is 2. The number of benzene rings is 1. The third-order valence-corrected chi connectivity index (χ3v) is 3.30. The maximum Gasteiger partial charge on any atom is 0.273 e. The van der Waals surface area contributed by atoms with E-state index in [-0.39, 0.29) is 10.6 Å². The third-order valence-electron chi connectivity index (χ3n) is 3.30. The third kappa shape index (κ3) is 6.47. The number of hydrogen-bond acceptors (Lipinski definition) is 4. The zero-order valence-corrected chi connectivity index (χ0v) is 13.5. The molecule has 0 amide bonds. The van der Waals surface area contributed by atoms with Gasteiger partial charge in [0.2, 0.25) is 0 Å².